The summed E-state index contributed by atoms with van der Waals surface area (Å²) in [6.45, 7) is 8.67. The van der Waals surface area contributed by atoms with Crippen LogP contribution in [0, 0.1) is 116 Å². The van der Waals surface area contributed by atoms with Crippen molar-refractivity contribution in [2.24, 2.45) is 0 Å². The summed E-state index contributed by atoms with van der Waals surface area (Å²) in [5, 5.41) is 0. The van der Waals surface area contributed by atoms with Crippen LogP contribution in [0.15, 0.2) is 34.4 Å². The van der Waals surface area contributed by atoms with Crippen LogP contribution in [0.1, 0.15) is 48.3 Å². The van der Waals surface area contributed by atoms with E-state index in [1.165, 1.54) is 0 Å². The quantitative estimate of drug-likeness (QED) is 0.0493. The van der Waals surface area contributed by atoms with Crippen LogP contribution in [0.2, 0.25) is 4.73 Å². The molecule has 6 rings (SSSR count). The van der Waals surface area contributed by atoms with Gasteiger partial charge in [-0.05, 0) is 13.8 Å². The molecule has 0 spiro atoms. The third-order valence-electron chi connectivity index (χ3n) is 8.95. The summed E-state index contributed by atoms with van der Waals surface area (Å²) in [6.07, 6.45) is -7.82. The van der Waals surface area contributed by atoms with Crippen LogP contribution in [0.3, 0.4) is 0 Å². The van der Waals surface area contributed by atoms with Gasteiger partial charge in [-0.15, -0.1) is 0 Å². The van der Waals surface area contributed by atoms with Gasteiger partial charge >= 0.3 is 313 Å². The van der Waals surface area contributed by atoms with E-state index in [2.05, 4.69) is 6.58 Å². The van der Waals surface area contributed by atoms with Gasteiger partial charge in [0.1, 0.15) is 0 Å². The van der Waals surface area contributed by atoms with Crippen LogP contribution in [0.5, 0.6) is 0 Å². The van der Waals surface area contributed by atoms with Crippen LogP contribution >= 0.6 is 0 Å². The zero-order chi connectivity index (χ0) is 48.0. The van der Waals surface area contributed by atoms with E-state index < -0.39 is 186 Å². The third-order valence-corrected chi connectivity index (χ3v) is 11.0. The molecule has 2 aliphatic rings. The van der Waals surface area contributed by atoms with Crippen molar-refractivity contribution >= 4 is 0 Å². The van der Waals surface area contributed by atoms with Crippen molar-refractivity contribution in [2.75, 3.05) is 13.2 Å². The number of allylic oxidation sites excluding steroid dienone is 3. The largest absolute Gasteiger partial charge is 0.348 e. The van der Waals surface area contributed by atoms with Crippen molar-refractivity contribution in [3.63, 3.8) is 0 Å². The fourth-order valence-corrected chi connectivity index (χ4v) is 7.45. The summed E-state index contributed by atoms with van der Waals surface area (Å²) in [5.41, 5.74) is -9.97. The van der Waals surface area contributed by atoms with Gasteiger partial charge in [-0.3, -0.25) is 0 Å². The molecule has 1 saturated heterocycles. The smallest absolute Gasteiger partial charge is 0.162 e. The molecule has 0 amide bonds. The molecule has 0 aromatic heterocycles. The van der Waals surface area contributed by atoms with Gasteiger partial charge in [0.25, 0.3) is 0 Å². The SMILES string of the molecule is C=C[CH2][Ti][C]1=CC=C(OC(c2c(F)c(F)c(F)c(F)c2F)c2c(F)c(F)c(F)c(F)c2F)[C@H]1OC(c1c(F)c(F)c(F)c(F)c1F)c1c(F)c(F)c(F)c(F)c1F.CC1(C)OCCO1. The first-order valence-electron chi connectivity index (χ1n) is 17.2. The van der Waals surface area contributed by atoms with Gasteiger partial charge in [-0.1, -0.05) is 0 Å². The third kappa shape index (κ3) is 9.02. The number of hydrogen-bond donors (Lipinski definition) is 0. The maximum atomic E-state index is 15.3. The standard InChI is InChI=1S/C31H5F20O2.C5H10O2.C3H5.Ti/c32-10-6(11(33)19(41)26(48)18(10)40)30(7-12(34)20(42)27(49)21(43)13(7)35)52-4-2-1-3-5(4)53-31(8-14(36)22(44)28(50)23(45)15(8)37)9-16(38)24(46)29(51)25(47)17(9)39;1-5(2)6-3-4-7-5;1-3-2;/h1-2,5,30-31H;3-4H2,1-2H3;3H,1-2H2;/t5-;;;/m0.../s1. The zero-order valence-corrected chi connectivity index (χ0v) is 33.0. The van der Waals surface area contributed by atoms with Crippen molar-refractivity contribution in [2.45, 2.75) is 42.7 Å². The predicted octanol–water partition coefficient (Wildman–Crippen LogP) is 12.0. The van der Waals surface area contributed by atoms with E-state index in [0.29, 0.717) is 6.08 Å². The molecule has 4 nitrogen and oxygen atoms in total. The number of halogens is 20. The van der Waals surface area contributed by atoms with E-state index in [9.17, 15) is 52.7 Å². The molecule has 344 valence electrons. The number of hydrogen-bond acceptors (Lipinski definition) is 4. The van der Waals surface area contributed by atoms with Crippen molar-refractivity contribution in [1.29, 1.82) is 0 Å². The van der Waals surface area contributed by atoms with Crippen molar-refractivity contribution in [3.8, 4) is 0 Å². The molecule has 1 aliphatic heterocycles. The van der Waals surface area contributed by atoms with Crippen LogP contribution in [0.4, 0.5) is 87.8 Å². The maximum Gasteiger partial charge on any atom is 0.162 e. The zero-order valence-electron chi connectivity index (χ0n) is 31.5. The molecule has 1 fully saturated rings. The summed E-state index contributed by atoms with van der Waals surface area (Å²) in [5.74, 6) is -60.9. The Balaban J connectivity index is 0.00000100. The summed E-state index contributed by atoms with van der Waals surface area (Å²) in [7, 11) is 0. The second kappa shape index (κ2) is 19.3. The Morgan fingerprint density at radius 1 is 0.500 bits per heavy atom. The summed E-state index contributed by atoms with van der Waals surface area (Å²) >= 11 is -1.99. The van der Waals surface area contributed by atoms with Crippen molar-refractivity contribution < 1.29 is 126 Å². The molecular formula is C39H20F20O4Ti. The molecule has 1 heterocycles. The van der Waals surface area contributed by atoms with Gasteiger partial charge in [-0.25, -0.2) is 0 Å². The number of ether oxygens (including phenoxy) is 4. The average Bonchev–Trinajstić information content (AvgIpc) is 3.86. The van der Waals surface area contributed by atoms with Crippen LogP contribution < -0.4 is 0 Å². The van der Waals surface area contributed by atoms with Gasteiger partial charge in [0.15, 0.2) is 5.79 Å². The summed E-state index contributed by atoms with van der Waals surface area (Å²) in [6, 6.07) is 0. The van der Waals surface area contributed by atoms with Gasteiger partial charge < -0.3 is 9.47 Å². The first-order chi connectivity index (χ1) is 29.8. The Morgan fingerprint density at radius 3 is 1.05 bits per heavy atom. The van der Waals surface area contributed by atoms with E-state index in [1.54, 1.807) is 0 Å². The minimum atomic E-state index is -3.73. The minimum absolute atomic E-state index is 0.165. The number of rotatable bonds is 11. The van der Waals surface area contributed by atoms with Gasteiger partial charge in [0.2, 0.25) is 0 Å². The van der Waals surface area contributed by atoms with Gasteiger partial charge in [0, 0.05) is 0 Å². The molecule has 0 unspecified atom stereocenters. The van der Waals surface area contributed by atoms with Crippen LogP contribution in [0.25, 0.3) is 0 Å². The Kier molecular flexibility index (Phi) is 15.1. The van der Waals surface area contributed by atoms with Gasteiger partial charge in [-0.2, -0.15) is 0 Å². The molecule has 0 radical (unpaired) electrons. The first-order valence-corrected chi connectivity index (χ1v) is 19.1. The molecule has 1 aliphatic carbocycles. The van der Waals surface area contributed by atoms with Crippen molar-refractivity contribution in [3.05, 3.63) is 173 Å². The molecule has 0 saturated carbocycles. The molecule has 4 aromatic carbocycles. The molecule has 0 N–H and O–H groups in total. The summed E-state index contributed by atoms with van der Waals surface area (Å²) in [4.78, 5) is 0. The molecule has 25 heteroatoms. The fourth-order valence-electron chi connectivity index (χ4n) is 5.92. The van der Waals surface area contributed by atoms with E-state index >= 15 is 35.1 Å². The fraction of sp³-hybridized carbons (Fsp3) is 0.231. The molecule has 1 atom stereocenters. The Morgan fingerprint density at radius 2 is 0.781 bits per heavy atom. The second-order valence-corrected chi connectivity index (χ2v) is 15.4. The molecule has 4 aromatic rings. The van der Waals surface area contributed by atoms with Crippen LogP contribution in [-0.4, -0.2) is 25.1 Å². The minimum Gasteiger partial charge on any atom is -0.348 e. The van der Waals surface area contributed by atoms with E-state index in [4.69, 9.17) is 18.9 Å². The maximum absolute atomic E-state index is 15.3. The Bertz CT molecular complexity index is 2350. The van der Waals surface area contributed by atoms with Gasteiger partial charge in [0.05, 0.1) is 13.2 Å². The monoisotopic (exact) mass is 980 g/mol. The normalized spacial score (nSPS) is 15.7. The van der Waals surface area contributed by atoms with Crippen LogP contribution in [-0.2, 0) is 38.1 Å². The average molecular weight is 980 g/mol. The second-order valence-electron chi connectivity index (χ2n) is 13.3. The van der Waals surface area contributed by atoms with Crippen molar-refractivity contribution in [1.82, 2.24) is 0 Å². The predicted molar refractivity (Wildman–Crippen MR) is 172 cm³/mol. The molecule has 0 bridgehead atoms. The molecular weight excluding hydrogens is 960 g/mol. The van der Waals surface area contributed by atoms with E-state index in [-0.39, 0.29) is 10.5 Å². The Labute approximate surface area is 354 Å². The summed E-state index contributed by atoms with van der Waals surface area (Å²) < 4.78 is 313. The topological polar surface area (TPSA) is 36.9 Å². The van der Waals surface area contributed by atoms with E-state index in [1.807, 2.05) is 13.8 Å². The molecule has 64 heavy (non-hydrogen) atoms. The van der Waals surface area contributed by atoms with E-state index in [0.717, 1.165) is 25.4 Å². The number of benzene rings is 4. The Hall–Kier alpha value is -4.91. The first kappa shape index (κ1) is 50.1.